The van der Waals surface area contributed by atoms with E-state index in [1.807, 2.05) is 0 Å². The lowest BCUT2D eigenvalue weighted by atomic mass is 10.1. The third kappa shape index (κ3) is 6.15. The molecule has 2 rings (SSSR count). The van der Waals surface area contributed by atoms with Gasteiger partial charge in [0.2, 0.25) is 5.75 Å². The fraction of sp³-hybridized carbons (Fsp3) is 0.238. The number of halogens is 1. The highest BCUT2D eigenvalue weighted by Gasteiger charge is 2.17. The zero-order chi connectivity index (χ0) is 21.4. The number of hydrogen-bond acceptors (Lipinski definition) is 6. The summed E-state index contributed by atoms with van der Waals surface area (Å²) in [6.45, 7) is 1.48. The molecular formula is C21H22ClNO6. The summed E-state index contributed by atoms with van der Waals surface area (Å²) >= 11 is 5.81. The van der Waals surface area contributed by atoms with Gasteiger partial charge in [0.15, 0.2) is 17.6 Å². The Morgan fingerprint density at radius 3 is 2.10 bits per heavy atom. The molecule has 8 heteroatoms. The number of ether oxygens (including phenoxy) is 4. The van der Waals surface area contributed by atoms with Crippen molar-refractivity contribution in [2.45, 2.75) is 13.0 Å². The van der Waals surface area contributed by atoms with Gasteiger partial charge >= 0.3 is 5.97 Å². The summed E-state index contributed by atoms with van der Waals surface area (Å²) in [4.78, 5) is 24.2. The van der Waals surface area contributed by atoms with Gasteiger partial charge in [0.1, 0.15) is 0 Å². The average Bonchev–Trinajstić information content (AvgIpc) is 2.72. The van der Waals surface area contributed by atoms with E-state index < -0.39 is 18.0 Å². The number of rotatable bonds is 8. The molecule has 0 saturated heterocycles. The van der Waals surface area contributed by atoms with Gasteiger partial charge in [-0.3, -0.25) is 4.79 Å². The van der Waals surface area contributed by atoms with Crippen molar-refractivity contribution in [3.63, 3.8) is 0 Å². The van der Waals surface area contributed by atoms with E-state index in [9.17, 15) is 9.59 Å². The van der Waals surface area contributed by atoms with E-state index in [1.165, 1.54) is 40.4 Å². The second kappa shape index (κ2) is 10.4. The van der Waals surface area contributed by atoms with E-state index in [-0.39, 0.29) is 0 Å². The summed E-state index contributed by atoms with van der Waals surface area (Å²) in [6.07, 6.45) is 1.76. The van der Waals surface area contributed by atoms with Crippen LogP contribution >= 0.6 is 11.6 Å². The first kappa shape index (κ1) is 22.1. The Morgan fingerprint density at radius 1 is 1.00 bits per heavy atom. The Bertz CT molecular complexity index is 870. The van der Waals surface area contributed by atoms with Crippen molar-refractivity contribution in [3.8, 4) is 17.2 Å². The van der Waals surface area contributed by atoms with Crippen molar-refractivity contribution in [1.82, 2.24) is 0 Å². The van der Waals surface area contributed by atoms with Crippen LogP contribution in [0.15, 0.2) is 42.5 Å². The minimum atomic E-state index is -0.984. The van der Waals surface area contributed by atoms with Gasteiger partial charge in [0.25, 0.3) is 5.91 Å². The van der Waals surface area contributed by atoms with Crippen molar-refractivity contribution in [2.75, 3.05) is 26.6 Å². The van der Waals surface area contributed by atoms with Crippen LogP contribution in [0.5, 0.6) is 17.2 Å². The number of esters is 1. The van der Waals surface area contributed by atoms with E-state index in [2.05, 4.69) is 5.32 Å². The number of amides is 1. The standard InChI is InChI=1S/C21H22ClNO6/c1-13(21(25)23-16-8-6-15(22)7-9-16)29-19(24)10-5-14-11-17(26-2)20(28-4)18(12-14)27-3/h5-13H,1-4H3,(H,23,25)/b10-5+/t13-/m0/s1. The number of carbonyl (C=O) groups excluding carboxylic acids is 2. The Hall–Kier alpha value is -3.19. The van der Waals surface area contributed by atoms with Gasteiger partial charge in [0, 0.05) is 16.8 Å². The van der Waals surface area contributed by atoms with Crippen LogP contribution in [0.2, 0.25) is 5.02 Å². The molecule has 2 aromatic rings. The Morgan fingerprint density at radius 2 is 1.59 bits per heavy atom. The second-order valence-corrected chi connectivity index (χ2v) is 6.30. The molecule has 0 aliphatic carbocycles. The van der Waals surface area contributed by atoms with Crippen LogP contribution < -0.4 is 19.5 Å². The van der Waals surface area contributed by atoms with Gasteiger partial charge in [-0.25, -0.2) is 4.79 Å². The van der Waals surface area contributed by atoms with E-state index >= 15 is 0 Å². The summed E-state index contributed by atoms with van der Waals surface area (Å²) in [5, 5.41) is 3.20. The van der Waals surface area contributed by atoms with Crippen molar-refractivity contribution in [1.29, 1.82) is 0 Å². The fourth-order valence-electron chi connectivity index (χ4n) is 2.41. The van der Waals surface area contributed by atoms with Gasteiger partial charge in [-0.2, -0.15) is 0 Å². The molecule has 0 unspecified atom stereocenters. The van der Waals surface area contributed by atoms with Crippen molar-refractivity contribution < 1.29 is 28.5 Å². The van der Waals surface area contributed by atoms with Gasteiger partial charge in [-0.1, -0.05) is 11.6 Å². The second-order valence-electron chi connectivity index (χ2n) is 5.87. The quantitative estimate of drug-likeness (QED) is 0.515. The number of carbonyl (C=O) groups is 2. The summed E-state index contributed by atoms with van der Waals surface area (Å²) in [6, 6.07) is 9.96. The highest BCUT2D eigenvalue weighted by Crippen LogP contribution is 2.38. The van der Waals surface area contributed by atoms with Gasteiger partial charge in [-0.15, -0.1) is 0 Å². The number of benzene rings is 2. The maximum Gasteiger partial charge on any atom is 0.331 e. The summed E-state index contributed by atoms with van der Waals surface area (Å²) in [7, 11) is 4.50. The largest absolute Gasteiger partial charge is 0.493 e. The third-order valence-corrected chi connectivity index (χ3v) is 4.12. The molecule has 0 radical (unpaired) electrons. The van der Waals surface area contributed by atoms with Crippen LogP contribution in [-0.4, -0.2) is 39.3 Å². The van der Waals surface area contributed by atoms with Crippen LogP contribution in [0.3, 0.4) is 0 Å². The molecule has 0 spiro atoms. The smallest absolute Gasteiger partial charge is 0.331 e. The molecule has 0 heterocycles. The predicted molar refractivity (Wildman–Crippen MR) is 111 cm³/mol. The third-order valence-electron chi connectivity index (χ3n) is 3.87. The first-order valence-electron chi connectivity index (χ1n) is 8.63. The van der Waals surface area contributed by atoms with Gasteiger partial charge in [-0.05, 0) is 55.0 Å². The van der Waals surface area contributed by atoms with E-state index in [0.717, 1.165) is 0 Å². The lowest BCUT2D eigenvalue weighted by molar-refractivity contribution is -0.148. The molecule has 0 saturated carbocycles. The first-order chi connectivity index (χ1) is 13.9. The number of anilines is 1. The van der Waals surface area contributed by atoms with Crippen LogP contribution in [-0.2, 0) is 14.3 Å². The van der Waals surface area contributed by atoms with Gasteiger partial charge in [0.05, 0.1) is 21.3 Å². The number of methoxy groups -OCH3 is 3. The molecular weight excluding hydrogens is 398 g/mol. The van der Waals surface area contributed by atoms with Crippen molar-refractivity contribution >= 4 is 35.2 Å². The summed E-state index contributed by atoms with van der Waals surface area (Å²) in [5.74, 6) is 0.229. The molecule has 29 heavy (non-hydrogen) atoms. The molecule has 0 aliphatic heterocycles. The molecule has 0 fully saturated rings. The van der Waals surface area contributed by atoms with E-state index in [1.54, 1.807) is 36.4 Å². The zero-order valence-electron chi connectivity index (χ0n) is 16.5. The topological polar surface area (TPSA) is 83.1 Å². The van der Waals surface area contributed by atoms with Crippen molar-refractivity contribution in [3.05, 3.63) is 53.1 Å². The SMILES string of the molecule is COc1cc(/C=C/C(=O)O[C@@H](C)C(=O)Nc2ccc(Cl)cc2)cc(OC)c1OC. The normalized spacial score (nSPS) is 11.6. The monoisotopic (exact) mass is 419 g/mol. The molecule has 1 atom stereocenters. The lowest BCUT2D eigenvalue weighted by Crippen LogP contribution is -2.29. The number of nitrogens with one attached hydrogen (secondary N) is 1. The van der Waals surface area contributed by atoms with Crippen LogP contribution in [0.1, 0.15) is 12.5 Å². The molecule has 1 N–H and O–H groups in total. The van der Waals surface area contributed by atoms with Gasteiger partial charge < -0.3 is 24.3 Å². The Labute approximate surface area is 174 Å². The summed E-state index contributed by atoms with van der Waals surface area (Å²) < 4.78 is 20.9. The highest BCUT2D eigenvalue weighted by molar-refractivity contribution is 6.30. The molecule has 154 valence electrons. The minimum Gasteiger partial charge on any atom is -0.493 e. The van der Waals surface area contributed by atoms with Crippen LogP contribution in [0.25, 0.3) is 6.08 Å². The molecule has 7 nitrogen and oxygen atoms in total. The average molecular weight is 420 g/mol. The molecule has 0 aromatic heterocycles. The molecule has 0 aliphatic rings. The minimum absolute atomic E-state index is 0.446. The summed E-state index contributed by atoms with van der Waals surface area (Å²) in [5.41, 5.74) is 1.19. The molecule has 0 bridgehead atoms. The first-order valence-corrected chi connectivity index (χ1v) is 9.00. The predicted octanol–water partition coefficient (Wildman–Crippen LogP) is 3.95. The van der Waals surface area contributed by atoms with Crippen LogP contribution in [0.4, 0.5) is 5.69 Å². The maximum atomic E-state index is 12.2. The molecule has 1 amide bonds. The van der Waals surface area contributed by atoms with E-state index in [4.69, 9.17) is 30.5 Å². The van der Waals surface area contributed by atoms with E-state index in [0.29, 0.717) is 33.5 Å². The maximum absolute atomic E-state index is 12.2. The Kier molecular flexibility index (Phi) is 7.91. The zero-order valence-corrected chi connectivity index (χ0v) is 17.3. The van der Waals surface area contributed by atoms with Crippen molar-refractivity contribution in [2.24, 2.45) is 0 Å². The number of hydrogen-bond donors (Lipinski definition) is 1. The fourth-order valence-corrected chi connectivity index (χ4v) is 2.53. The molecule has 2 aromatic carbocycles. The highest BCUT2D eigenvalue weighted by atomic mass is 35.5. The Balaban J connectivity index is 2.01. The lowest BCUT2D eigenvalue weighted by Gasteiger charge is -2.13. The van der Waals surface area contributed by atoms with Crippen LogP contribution in [0, 0.1) is 0 Å².